The molecule has 1 saturated heterocycles. The van der Waals surface area contributed by atoms with Crippen molar-refractivity contribution in [2.45, 2.75) is 19.4 Å². The number of aromatic nitrogens is 3. The molecule has 1 aromatic carbocycles. The molecular weight excluding hydrogens is 304 g/mol. The largest absolute Gasteiger partial charge is 0.507 e. The molecule has 24 heavy (non-hydrogen) atoms. The van der Waals surface area contributed by atoms with E-state index >= 15 is 0 Å². The number of nitrogens with one attached hydrogen (secondary N) is 1. The predicted octanol–water partition coefficient (Wildman–Crippen LogP) is 2.91. The maximum Gasteiger partial charge on any atom is 0.158 e. The first-order valence-electron chi connectivity index (χ1n) is 7.97. The summed E-state index contributed by atoms with van der Waals surface area (Å²) in [5, 5.41) is 24.2. The van der Waals surface area contributed by atoms with Crippen LogP contribution in [0, 0.1) is 6.92 Å². The second kappa shape index (κ2) is 6.05. The van der Waals surface area contributed by atoms with Crippen molar-refractivity contribution in [3.8, 4) is 17.0 Å². The Balaban J connectivity index is 1.83. The van der Waals surface area contributed by atoms with E-state index in [2.05, 4.69) is 20.5 Å². The minimum Gasteiger partial charge on any atom is -0.507 e. The highest BCUT2D eigenvalue weighted by Crippen LogP contribution is 2.34. The Hall–Kier alpha value is -2.73. The van der Waals surface area contributed by atoms with Gasteiger partial charge in [0.05, 0.1) is 12.6 Å². The number of aryl methyl sites for hydroxylation is 1. The van der Waals surface area contributed by atoms with Crippen LogP contribution in [-0.4, -0.2) is 39.5 Å². The van der Waals surface area contributed by atoms with Gasteiger partial charge in [-0.15, -0.1) is 10.2 Å². The van der Waals surface area contributed by atoms with Gasteiger partial charge in [0.1, 0.15) is 11.4 Å². The Morgan fingerprint density at radius 1 is 1.21 bits per heavy atom. The number of anilines is 1. The van der Waals surface area contributed by atoms with Gasteiger partial charge in [-0.3, -0.25) is 4.98 Å². The summed E-state index contributed by atoms with van der Waals surface area (Å²) in [7, 11) is 0. The molecule has 0 amide bonds. The molecule has 2 N–H and O–H groups in total. The molecule has 0 spiro atoms. The number of hydrogen-bond donors (Lipinski definition) is 2. The van der Waals surface area contributed by atoms with E-state index in [-0.39, 0.29) is 11.8 Å². The first-order chi connectivity index (χ1) is 11.7. The Kier molecular flexibility index (Phi) is 3.74. The van der Waals surface area contributed by atoms with Crippen molar-refractivity contribution in [3.63, 3.8) is 0 Å². The van der Waals surface area contributed by atoms with Crippen LogP contribution >= 0.6 is 0 Å². The fourth-order valence-corrected chi connectivity index (χ4v) is 2.99. The van der Waals surface area contributed by atoms with Gasteiger partial charge in [0.15, 0.2) is 5.82 Å². The summed E-state index contributed by atoms with van der Waals surface area (Å²) in [5.74, 6) is 0.899. The van der Waals surface area contributed by atoms with E-state index in [0.717, 1.165) is 29.4 Å². The predicted molar refractivity (Wildman–Crippen MR) is 92.0 cm³/mol. The smallest absolute Gasteiger partial charge is 0.158 e. The maximum absolute atomic E-state index is 10.3. The van der Waals surface area contributed by atoms with Gasteiger partial charge in [-0.2, -0.15) is 0 Å². The second-order valence-corrected chi connectivity index (χ2v) is 6.04. The monoisotopic (exact) mass is 322 g/mol. The Morgan fingerprint density at radius 3 is 2.92 bits per heavy atom. The van der Waals surface area contributed by atoms with Crippen molar-refractivity contribution in [1.82, 2.24) is 15.2 Å². The highest BCUT2D eigenvalue weighted by Gasteiger charge is 2.19. The number of nitrogens with zero attached hydrogens (tertiary/aromatic N) is 3. The van der Waals surface area contributed by atoms with Crippen molar-refractivity contribution >= 4 is 16.6 Å². The van der Waals surface area contributed by atoms with Crippen LogP contribution in [0.5, 0.6) is 5.75 Å². The molecule has 6 heteroatoms. The molecule has 1 aliphatic heterocycles. The Bertz CT molecular complexity index is 891. The summed E-state index contributed by atoms with van der Waals surface area (Å²) in [6, 6.07) is 7.68. The number of benzene rings is 1. The summed E-state index contributed by atoms with van der Waals surface area (Å²) < 4.78 is 5.40. The molecule has 0 aliphatic carbocycles. The van der Waals surface area contributed by atoms with Crippen molar-refractivity contribution in [2.75, 3.05) is 18.5 Å². The minimum atomic E-state index is 0.201. The second-order valence-electron chi connectivity index (χ2n) is 6.04. The van der Waals surface area contributed by atoms with Crippen LogP contribution in [0.15, 0.2) is 36.7 Å². The van der Waals surface area contributed by atoms with Crippen molar-refractivity contribution in [3.05, 3.63) is 42.2 Å². The zero-order chi connectivity index (χ0) is 16.5. The molecule has 6 nitrogen and oxygen atoms in total. The quantitative estimate of drug-likeness (QED) is 0.772. The van der Waals surface area contributed by atoms with E-state index in [4.69, 9.17) is 4.74 Å². The van der Waals surface area contributed by atoms with Crippen LogP contribution in [0.2, 0.25) is 0 Å². The number of fused-ring (bicyclic) bond motifs is 1. The fourth-order valence-electron chi connectivity index (χ4n) is 2.99. The van der Waals surface area contributed by atoms with Crippen LogP contribution in [0.25, 0.3) is 22.0 Å². The van der Waals surface area contributed by atoms with Gasteiger partial charge >= 0.3 is 0 Å². The Morgan fingerprint density at radius 2 is 2.12 bits per heavy atom. The topological polar surface area (TPSA) is 80.2 Å². The average Bonchev–Trinajstić information content (AvgIpc) is 3.09. The zero-order valence-electron chi connectivity index (χ0n) is 13.4. The third-order valence-corrected chi connectivity index (χ3v) is 4.26. The lowest BCUT2D eigenvalue weighted by atomic mass is 10.0. The molecule has 0 radical (unpaired) electrons. The summed E-state index contributed by atoms with van der Waals surface area (Å²) in [6.07, 6.45) is 4.45. The number of phenolic OH excluding ortho intramolecular Hbond substituents is 1. The van der Waals surface area contributed by atoms with Gasteiger partial charge in [0, 0.05) is 35.3 Å². The molecule has 1 atom stereocenters. The van der Waals surface area contributed by atoms with Gasteiger partial charge in [0.25, 0.3) is 0 Å². The number of aromatic hydroxyl groups is 1. The van der Waals surface area contributed by atoms with Crippen molar-refractivity contribution in [1.29, 1.82) is 0 Å². The average molecular weight is 322 g/mol. The molecule has 2 aromatic heterocycles. The maximum atomic E-state index is 10.3. The fraction of sp³-hybridized carbons (Fsp3) is 0.278. The van der Waals surface area contributed by atoms with Gasteiger partial charge in [-0.25, -0.2) is 0 Å². The van der Waals surface area contributed by atoms with Gasteiger partial charge < -0.3 is 15.2 Å². The van der Waals surface area contributed by atoms with Crippen molar-refractivity contribution in [2.24, 2.45) is 0 Å². The lowest BCUT2D eigenvalue weighted by Gasteiger charge is -2.14. The molecule has 0 saturated carbocycles. The van der Waals surface area contributed by atoms with Gasteiger partial charge in [-0.1, -0.05) is 6.07 Å². The molecule has 1 aliphatic rings. The number of ether oxygens (including phenoxy) is 1. The summed E-state index contributed by atoms with van der Waals surface area (Å²) >= 11 is 0. The first kappa shape index (κ1) is 14.8. The third-order valence-electron chi connectivity index (χ3n) is 4.26. The molecule has 4 rings (SSSR count). The van der Waals surface area contributed by atoms with Crippen LogP contribution in [0.3, 0.4) is 0 Å². The van der Waals surface area contributed by atoms with E-state index in [1.807, 2.05) is 25.1 Å². The van der Waals surface area contributed by atoms with Crippen LogP contribution in [0.1, 0.15) is 12.0 Å². The highest BCUT2D eigenvalue weighted by atomic mass is 16.5. The normalized spacial score (nSPS) is 17.3. The van der Waals surface area contributed by atoms with Gasteiger partial charge in [0.2, 0.25) is 0 Å². The molecule has 1 fully saturated rings. The summed E-state index contributed by atoms with van der Waals surface area (Å²) in [5.41, 5.74) is 2.31. The number of pyridine rings is 1. The molecular formula is C18H18N4O2. The van der Waals surface area contributed by atoms with Crippen LogP contribution in [0.4, 0.5) is 5.82 Å². The van der Waals surface area contributed by atoms with E-state index in [9.17, 15) is 5.11 Å². The van der Waals surface area contributed by atoms with E-state index in [1.165, 1.54) is 0 Å². The number of phenols is 1. The third kappa shape index (κ3) is 2.65. The van der Waals surface area contributed by atoms with Gasteiger partial charge in [-0.05, 0) is 37.1 Å². The first-order valence-corrected chi connectivity index (χ1v) is 7.97. The van der Waals surface area contributed by atoms with Crippen LogP contribution in [-0.2, 0) is 4.74 Å². The molecule has 3 aromatic rings. The highest BCUT2D eigenvalue weighted by molar-refractivity contribution is 6.00. The van der Waals surface area contributed by atoms with Crippen molar-refractivity contribution < 1.29 is 9.84 Å². The molecule has 122 valence electrons. The Labute approximate surface area is 139 Å². The molecule has 0 bridgehead atoms. The van der Waals surface area contributed by atoms with E-state index < -0.39 is 0 Å². The molecule has 3 heterocycles. The SMILES string of the molecule is Cc1ccc(-c2nnc(N[C@@H]3CCOC3)c3cnccc23)c(O)c1. The standard InChI is InChI=1S/C18H18N4O2/c1-11-2-3-14(16(23)8-11)17-13-4-6-19-9-15(13)18(22-21-17)20-12-5-7-24-10-12/h2-4,6,8-9,12,23H,5,7,10H2,1H3,(H,20,22)/t12-/m1/s1. The van der Waals surface area contributed by atoms with E-state index in [0.29, 0.717) is 23.7 Å². The lowest BCUT2D eigenvalue weighted by molar-refractivity contribution is 0.195. The lowest BCUT2D eigenvalue weighted by Crippen LogP contribution is -2.20. The molecule has 0 unspecified atom stereocenters. The van der Waals surface area contributed by atoms with Crippen LogP contribution < -0.4 is 5.32 Å². The van der Waals surface area contributed by atoms with E-state index in [1.54, 1.807) is 18.5 Å². The number of rotatable bonds is 3. The minimum absolute atomic E-state index is 0.201. The zero-order valence-corrected chi connectivity index (χ0v) is 13.4. The number of hydrogen-bond acceptors (Lipinski definition) is 6. The summed E-state index contributed by atoms with van der Waals surface area (Å²) in [4.78, 5) is 4.22. The summed E-state index contributed by atoms with van der Waals surface area (Å²) in [6.45, 7) is 3.37.